The fourth-order valence-electron chi connectivity index (χ4n) is 2.07. The van der Waals surface area contributed by atoms with Gasteiger partial charge in [-0.15, -0.1) is 0 Å². The van der Waals surface area contributed by atoms with Gasteiger partial charge >= 0.3 is 135 Å². The monoisotopic (exact) mass is 553 g/mol. The average Bonchev–Trinajstić information content (AvgIpc) is 2.57. The normalized spacial score (nSPS) is 19.2. The molecule has 5 heteroatoms. The fourth-order valence-corrected chi connectivity index (χ4v) is 19.5. The molecule has 0 N–H and O–H groups in total. The van der Waals surface area contributed by atoms with Crippen LogP contribution in [0.25, 0.3) is 4.48 Å². The van der Waals surface area contributed by atoms with E-state index in [9.17, 15) is 0 Å². The van der Waals surface area contributed by atoms with Crippen molar-refractivity contribution in [2.45, 2.75) is 13.8 Å². The summed E-state index contributed by atoms with van der Waals surface area (Å²) in [5.74, 6) is 0. The van der Waals surface area contributed by atoms with Crippen molar-refractivity contribution in [3.05, 3.63) is 33.4 Å². The van der Waals surface area contributed by atoms with Crippen LogP contribution in [0.4, 0.5) is 0 Å². The summed E-state index contributed by atoms with van der Waals surface area (Å²) in [6.07, 6.45) is 0. The van der Waals surface area contributed by atoms with E-state index in [4.69, 9.17) is 0 Å². The summed E-state index contributed by atoms with van der Waals surface area (Å²) in [6.45, 7) is 7.67. The summed E-state index contributed by atoms with van der Waals surface area (Å²) in [6, 6.07) is 8.69. The predicted molar refractivity (Wildman–Crippen MR) is 93.3 cm³/mol. The maximum atomic E-state index is 4.03. The van der Waals surface area contributed by atoms with Crippen molar-refractivity contribution in [3.63, 3.8) is 0 Å². The summed E-state index contributed by atoms with van der Waals surface area (Å²) in [4.78, 5) is 2.46. The molecule has 100 valence electrons. The Hall–Kier alpha value is 1.15. The maximum absolute atomic E-state index is 4.03. The van der Waals surface area contributed by atoms with Crippen LogP contribution in [-0.4, -0.2) is 38.3 Å². The molecule has 0 saturated carbocycles. The van der Waals surface area contributed by atoms with E-state index in [1.54, 1.807) is 0 Å². The van der Waals surface area contributed by atoms with E-state index in [0.717, 1.165) is 19.6 Å². The second kappa shape index (κ2) is 6.28. The van der Waals surface area contributed by atoms with Crippen LogP contribution in [0.2, 0.25) is 0 Å². The van der Waals surface area contributed by atoms with Crippen LogP contribution in [0.5, 0.6) is 0 Å². The van der Waals surface area contributed by atoms with E-state index in [1.165, 1.54) is 17.3 Å². The number of hydrogen-bond donors (Lipinski definition) is 0. The van der Waals surface area contributed by atoms with Crippen molar-refractivity contribution in [1.29, 1.82) is 0 Å². The van der Waals surface area contributed by atoms with Crippen LogP contribution < -0.4 is 3.61 Å². The Morgan fingerprint density at radius 2 is 1.72 bits per heavy atom. The van der Waals surface area contributed by atoms with Crippen LogP contribution in [-0.2, 0) is 0 Å². The van der Waals surface area contributed by atoms with Gasteiger partial charge in [0.25, 0.3) is 0 Å². The number of hydrogen-bond acceptors (Lipinski definition) is 1. The van der Waals surface area contributed by atoms with Crippen molar-refractivity contribution < 1.29 is 0 Å². The second-order valence-electron chi connectivity index (χ2n) is 4.16. The quantitative estimate of drug-likeness (QED) is 0.508. The van der Waals surface area contributed by atoms with Crippen molar-refractivity contribution in [1.82, 2.24) is 4.90 Å². The zero-order chi connectivity index (χ0) is 13.3. The molecule has 1 aliphatic heterocycles. The molecule has 18 heavy (non-hydrogen) atoms. The SMILES string of the molecule is CCN(CC)CC1=C(Br)c2ccccc2[Te]1(Br)Br. The number of halogens is 3. The fraction of sp³-hybridized carbons (Fsp3) is 0.385. The van der Waals surface area contributed by atoms with Crippen molar-refractivity contribution in [3.8, 4) is 0 Å². The average molecular weight is 554 g/mol. The molecule has 2 rings (SSSR count). The van der Waals surface area contributed by atoms with Gasteiger partial charge in [0, 0.05) is 0 Å². The van der Waals surface area contributed by atoms with Gasteiger partial charge in [0.2, 0.25) is 0 Å². The molecule has 0 radical (unpaired) electrons. The predicted octanol–water partition coefficient (Wildman–Crippen LogP) is 4.13. The molecule has 0 unspecified atom stereocenters. The van der Waals surface area contributed by atoms with Crippen molar-refractivity contribution >= 4 is 63.3 Å². The molecule has 0 spiro atoms. The van der Waals surface area contributed by atoms with E-state index >= 15 is 0 Å². The molecule has 0 fully saturated rings. The Labute approximate surface area is 134 Å². The van der Waals surface area contributed by atoms with E-state index in [1.807, 2.05) is 0 Å². The van der Waals surface area contributed by atoms with Crippen LogP contribution in [0, 0.1) is 0 Å². The van der Waals surface area contributed by atoms with E-state index < -0.39 is 13.8 Å². The first-order valence-corrected chi connectivity index (χ1v) is 19.5. The first kappa shape index (κ1) is 15.5. The number of nitrogens with zero attached hydrogens (tertiary/aromatic N) is 1. The Balaban J connectivity index is 2.40. The summed E-state index contributed by atoms with van der Waals surface area (Å²) in [5.41, 5.74) is 1.36. The minimum atomic E-state index is -2.42. The van der Waals surface area contributed by atoms with Gasteiger partial charge in [-0.05, 0) is 0 Å². The summed E-state index contributed by atoms with van der Waals surface area (Å²) >= 11 is 9.44. The zero-order valence-corrected chi connectivity index (χ0v) is 17.5. The molecule has 1 aromatic rings. The zero-order valence-electron chi connectivity index (χ0n) is 10.4. The molecule has 1 heterocycles. The molecule has 0 aromatic heterocycles. The third-order valence-corrected chi connectivity index (χ3v) is 20.2. The van der Waals surface area contributed by atoms with Gasteiger partial charge in [0.1, 0.15) is 0 Å². The van der Waals surface area contributed by atoms with Crippen LogP contribution in [0.15, 0.2) is 27.9 Å². The molecule has 0 atom stereocenters. The van der Waals surface area contributed by atoms with Gasteiger partial charge in [-0.25, -0.2) is 0 Å². The van der Waals surface area contributed by atoms with Gasteiger partial charge < -0.3 is 0 Å². The van der Waals surface area contributed by atoms with Gasteiger partial charge in [-0.2, -0.15) is 0 Å². The van der Waals surface area contributed by atoms with Crippen LogP contribution in [0.3, 0.4) is 0 Å². The van der Waals surface area contributed by atoms with E-state index in [0.29, 0.717) is 0 Å². The molecule has 0 saturated heterocycles. The topological polar surface area (TPSA) is 3.24 Å². The molecule has 0 amide bonds. The third kappa shape index (κ3) is 2.77. The molecule has 0 aliphatic carbocycles. The summed E-state index contributed by atoms with van der Waals surface area (Å²) in [5, 5.41) is 0. The third-order valence-electron chi connectivity index (χ3n) is 3.22. The number of likely N-dealkylation sites (N-methyl/N-ethyl adjacent to an activating group) is 1. The van der Waals surface area contributed by atoms with Gasteiger partial charge in [0.05, 0.1) is 0 Å². The second-order valence-corrected chi connectivity index (χ2v) is 29.2. The molecular formula is C13H16Br3NTe. The number of fused-ring (bicyclic) bond motifs is 1. The van der Waals surface area contributed by atoms with Crippen LogP contribution >= 0.6 is 41.4 Å². The van der Waals surface area contributed by atoms with Crippen molar-refractivity contribution in [2.75, 3.05) is 19.6 Å². The molecular weight excluding hydrogens is 537 g/mol. The van der Waals surface area contributed by atoms with Gasteiger partial charge in [0.15, 0.2) is 0 Å². The Bertz CT molecular complexity index is 481. The van der Waals surface area contributed by atoms with Gasteiger partial charge in [-0.1, -0.05) is 0 Å². The minimum absolute atomic E-state index is 1.04. The molecule has 0 bridgehead atoms. The standard InChI is InChI=1S/C13H16Br3NTe/c1-3-17(4-2)9-12-13(14)10-7-5-6-8-11(10)18(12,15)16/h5-8H,3-4,9H2,1-2H3. The molecule has 1 aliphatic rings. The van der Waals surface area contributed by atoms with E-state index in [-0.39, 0.29) is 0 Å². The first-order valence-electron chi connectivity index (χ1n) is 5.95. The number of benzene rings is 1. The number of rotatable bonds is 4. The van der Waals surface area contributed by atoms with E-state index in [2.05, 4.69) is 84.5 Å². The summed E-state index contributed by atoms with van der Waals surface area (Å²) < 4.78 is 4.29. The van der Waals surface area contributed by atoms with Crippen molar-refractivity contribution in [2.24, 2.45) is 0 Å². The Kier molecular flexibility index (Phi) is 5.42. The molecule has 1 nitrogen and oxygen atoms in total. The van der Waals surface area contributed by atoms with Crippen LogP contribution in [0.1, 0.15) is 19.4 Å². The molecule has 1 aromatic carbocycles. The summed E-state index contributed by atoms with van der Waals surface area (Å²) in [7, 11) is 0. The Morgan fingerprint density at radius 3 is 2.28 bits per heavy atom. The Morgan fingerprint density at radius 1 is 1.11 bits per heavy atom. The van der Waals surface area contributed by atoms with Gasteiger partial charge in [-0.3, -0.25) is 0 Å². The first-order chi connectivity index (χ1) is 8.52.